The molecular formula is C19H22Cl2N2O. The van der Waals surface area contributed by atoms with E-state index in [0.29, 0.717) is 29.2 Å². The van der Waals surface area contributed by atoms with Crippen LogP contribution in [0.15, 0.2) is 36.4 Å². The Hall–Kier alpha value is -1.26. The van der Waals surface area contributed by atoms with Gasteiger partial charge in [-0.2, -0.15) is 0 Å². The lowest BCUT2D eigenvalue weighted by Crippen LogP contribution is -2.35. The van der Waals surface area contributed by atoms with Crippen molar-refractivity contribution in [2.75, 3.05) is 6.54 Å². The minimum atomic E-state index is -0.468. The Morgan fingerprint density at radius 3 is 2.08 bits per heavy atom. The van der Waals surface area contributed by atoms with Gasteiger partial charge in [-0.05, 0) is 49.7 Å². The number of benzene rings is 2. The fourth-order valence-corrected chi connectivity index (χ4v) is 3.35. The maximum atomic E-state index is 10.5. The van der Waals surface area contributed by atoms with E-state index in [9.17, 15) is 5.11 Å². The fourth-order valence-electron chi connectivity index (χ4n) is 3.00. The van der Waals surface area contributed by atoms with Crippen LogP contribution in [-0.4, -0.2) is 28.4 Å². The highest BCUT2D eigenvalue weighted by Gasteiger charge is 2.15. The van der Waals surface area contributed by atoms with Gasteiger partial charge in [0.05, 0.1) is 12.6 Å². The van der Waals surface area contributed by atoms with Crippen molar-refractivity contribution < 1.29 is 5.11 Å². The van der Waals surface area contributed by atoms with Crippen molar-refractivity contribution >= 4 is 45.0 Å². The lowest BCUT2D eigenvalue weighted by atomic mass is 10.1. The molecule has 0 aliphatic heterocycles. The molecule has 0 unspecified atom stereocenters. The molecule has 0 bridgehead atoms. The number of nitrogens with zero attached hydrogens (tertiary/aromatic N) is 1. The molecule has 5 heteroatoms. The van der Waals surface area contributed by atoms with Gasteiger partial charge in [0.2, 0.25) is 0 Å². The van der Waals surface area contributed by atoms with Crippen molar-refractivity contribution in [1.82, 2.24) is 9.88 Å². The second-order valence-corrected chi connectivity index (χ2v) is 7.18. The summed E-state index contributed by atoms with van der Waals surface area (Å²) >= 11 is 12.3. The first-order valence-electron chi connectivity index (χ1n) is 8.28. The van der Waals surface area contributed by atoms with E-state index in [1.807, 2.05) is 36.4 Å². The summed E-state index contributed by atoms with van der Waals surface area (Å²) in [6.07, 6.45) is 0.572. The smallest absolute Gasteiger partial charge is 0.0843 e. The van der Waals surface area contributed by atoms with Gasteiger partial charge in [0.15, 0.2) is 0 Å². The van der Waals surface area contributed by atoms with E-state index in [-0.39, 0.29) is 0 Å². The maximum absolute atomic E-state index is 10.5. The van der Waals surface area contributed by atoms with E-state index < -0.39 is 6.10 Å². The Morgan fingerprint density at radius 2 is 1.58 bits per heavy atom. The van der Waals surface area contributed by atoms with E-state index >= 15 is 0 Å². The van der Waals surface area contributed by atoms with Crippen molar-refractivity contribution in [3.63, 3.8) is 0 Å². The second kappa shape index (κ2) is 7.32. The predicted molar refractivity (Wildman–Crippen MR) is 103 cm³/mol. The highest BCUT2D eigenvalue weighted by Crippen LogP contribution is 2.32. The molecule has 1 heterocycles. The molecule has 0 aliphatic rings. The summed E-state index contributed by atoms with van der Waals surface area (Å²) in [7, 11) is 0. The van der Waals surface area contributed by atoms with Crippen LogP contribution in [0.2, 0.25) is 10.0 Å². The zero-order chi connectivity index (χ0) is 17.3. The van der Waals surface area contributed by atoms with Crippen LogP contribution in [0.5, 0.6) is 0 Å². The number of aliphatic hydroxyl groups excluding tert-OH is 1. The third-order valence-electron chi connectivity index (χ3n) is 4.50. The summed E-state index contributed by atoms with van der Waals surface area (Å²) in [6.45, 7) is 5.34. The van der Waals surface area contributed by atoms with Crippen molar-refractivity contribution in [2.24, 2.45) is 0 Å². The second-order valence-electron chi connectivity index (χ2n) is 6.30. The third-order valence-corrected chi connectivity index (χ3v) is 4.97. The van der Waals surface area contributed by atoms with Crippen molar-refractivity contribution in [3.05, 3.63) is 46.4 Å². The van der Waals surface area contributed by atoms with E-state index in [0.717, 1.165) is 28.2 Å². The molecule has 128 valence electrons. The molecule has 0 saturated carbocycles. The molecule has 3 nitrogen and oxygen atoms in total. The summed E-state index contributed by atoms with van der Waals surface area (Å²) in [6, 6.07) is 12.1. The third kappa shape index (κ3) is 3.55. The van der Waals surface area contributed by atoms with Gasteiger partial charge in [-0.3, -0.25) is 0 Å². The quantitative estimate of drug-likeness (QED) is 0.655. The molecule has 0 fully saturated rings. The molecule has 2 N–H and O–H groups in total. The average molecular weight is 365 g/mol. The number of hydrogen-bond donors (Lipinski definition) is 2. The van der Waals surface area contributed by atoms with Gasteiger partial charge in [0.25, 0.3) is 0 Å². The molecule has 3 aromatic rings. The Kier molecular flexibility index (Phi) is 5.36. The zero-order valence-electron chi connectivity index (χ0n) is 13.9. The van der Waals surface area contributed by atoms with Gasteiger partial charge in [0.1, 0.15) is 0 Å². The van der Waals surface area contributed by atoms with Crippen LogP contribution in [0, 0.1) is 0 Å². The lowest BCUT2D eigenvalue weighted by Gasteiger charge is -2.17. The number of halogens is 2. The molecule has 24 heavy (non-hydrogen) atoms. The zero-order valence-corrected chi connectivity index (χ0v) is 15.4. The number of aromatic nitrogens is 1. The molecule has 0 saturated heterocycles. The highest BCUT2D eigenvalue weighted by molar-refractivity contribution is 6.33. The first-order valence-corrected chi connectivity index (χ1v) is 9.03. The minimum Gasteiger partial charge on any atom is -0.390 e. The molecule has 0 radical (unpaired) electrons. The predicted octanol–water partition coefficient (Wildman–Crippen LogP) is 4.85. The monoisotopic (exact) mass is 364 g/mol. The number of nitrogens with one attached hydrogen (secondary N) is 1. The molecule has 2 atom stereocenters. The van der Waals surface area contributed by atoms with Crippen LogP contribution >= 0.6 is 23.2 Å². The van der Waals surface area contributed by atoms with Crippen LogP contribution in [0.4, 0.5) is 0 Å². The first-order chi connectivity index (χ1) is 11.5. The van der Waals surface area contributed by atoms with Crippen LogP contribution in [0.3, 0.4) is 0 Å². The lowest BCUT2D eigenvalue weighted by molar-refractivity contribution is 0.150. The Labute approximate surface area is 152 Å². The van der Waals surface area contributed by atoms with Crippen molar-refractivity contribution in [2.45, 2.75) is 39.0 Å². The standard InChI is InChI=1S/C19H22Cl2N2O/c1-3-12(2)22-10-15(24)11-23-18-6-4-13(20)8-16(18)17-9-14(21)5-7-19(17)23/h4-9,12,15,22,24H,3,10-11H2,1-2H3/t12-,15-/m0/s1. The Bertz CT molecular complexity index is 800. The van der Waals surface area contributed by atoms with Crippen LogP contribution in [-0.2, 0) is 6.54 Å². The van der Waals surface area contributed by atoms with Crippen LogP contribution in [0.25, 0.3) is 21.8 Å². The summed E-state index contributed by atoms with van der Waals surface area (Å²) < 4.78 is 2.14. The highest BCUT2D eigenvalue weighted by atomic mass is 35.5. The number of hydrogen-bond acceptors (Lipinski definition) is 2. The first kappa shape index (κ1) is 17.6. The molecule has 3 rings (SSSR count). The van der Waals surface area contributed by atoms with E-state index in [1.54, 1.807) is 0 Å². The normalized spacial score (nSPS) is 14.4. The van der Waals surface area contributed by atoms with E-state index in [4.69, 9.17) is 23.2 Å². The minimum absolute atomic E-state index is 0.399. The summed E-state index contributed by atoms with van der Waals surface area (Å²) in [5.74, 6) is 0. The van der Waals surface area contributed by atoms with Crippen LogP contribution in [0.1, 0.15) is 20.3 Å². The summed E-state index contributed by atoms with van der Waals surface area (Å²) in [5.41, 5.74) is 2.11. The molecule has 2 aromatic carbocycles. The summed E-state index contributed by atoms with van der Waals surface area (Å²) in [5, 5.41) is 17.3. The largest absolute Gasteiger partial charge is 0.390 e. The van der Waals surface area contributed by atoms with Crippen LogP contribution < -0.4 is 5.32 Å². The molecule has 0 amide bonds. The summed E-state index contributed by atoms with van der Waals surface area (Å²) in [4.78, 5) is 0. The molecule has 1 aromatic heterocycles. The fraction of sp³-hybridized carbons (Fsp3) is 0.368. The van der Waals surface area contributed by atoms with Crippen molar-refractivity contribution in [1.29, 1.82) is 0 Å². The van der Waals surface area contributed by atoms with Gasteiger partial charge in [-0.15, -0.1) is 0 Å². The number of rotatable bonds is 6. The maximum Gasteiger partial charge on any atom is 0.0843 e. The average Bonchev–Trinajstić information content (AvgIpc) is 2.85. The van der Waals surface area contributed by atoms with Gasteiger partial charge >= 0.3 is 0 Å². The molecule has 0 aliphatic carbocycles. The van der Waals surface area contributed by atoms with Gasteiger partial charge < -0.3 is 15.0 Å². The Balaban J connectivity index is 1.99. The van der Waals surface area contributed by atoms with Gasteiger partial charge in [-0.1, -0.05) is 30.1 Å². The van der Waals surface area contributed by atoms with E-state index in [1.165, 1.54) is 0 Å². The Morgan fingerprint density at radius 1 is 1.04 bits per heavy atom. The van der Waals surface area contributed by atoms with Crippen molar-refractivity contribution in [3.8, 4) is 0 Å². The molecular weight excluding hydrogens is 343 g/mol. The number of aliphatic hydroxyl groups is 1. The van der Waals surface area contributed by atoms with Gasteiger partial charge in [-0.25, -0.2) is 0 Å². The van der Waals surface area contributed by atoms with E-state index in [2.05, 4.69) is 23.7 Å². The topological polar surface area (TPSA) is 37.2 Å². The van der Waals surface area contributed by atoms with Gasteiger partial charge in [0, 0.05) is 44.4 Å². The number of fused-ring (bicyclic) bond motifs is 3. The SMILES string of the molecule is CC[C@H](C)NC[C@H](O)Cn1c2ccc(Cl)cc2c2cc(Cl)ccc21. The molecule has 0 spiro atoms.